The van der Waals surface area contributed by atoms with E-state index in [1.807, 2.05) is 65.3 Å². The van der Waals surface area contributed by atoms with E-state index in [2.05, 4.69) is 103 Å². The van der Waals surface area contributed by atoms with Crippen LogP contribution in [0.5, 0.6) is 0 Å². The van der Waals surface area contributed by atoms with Gasteiger partial charge in [-0.25, -0.2) is 0 Å². The number of rotatable bonds is 4. The van der Waals surface area contributed by atoms with Crippen molar-refractivity contribution < 1.29 is 13.2 Å². The standard InChI is InChI=1S/C53H35F3N4/c1-32-11-3-5-13-39(32)35-19-21-44-42-15-7-9-17-47(42)59(50(44)28-35)49-24-23-41(37-25-34(30-57)26-38(27-37)53(54,55)56)52(46(49)31-58)60-48-18-10-8-16-43(48)45-22-20-36(29-51(45)60)40-14-6-4-12-33(40)2/h3-14,16-29,32H,15H2,1-2H3. The predicted octanol–water partition coefficient (Wildman–Crippen LogP) is 11.9. The van der Waals surface area contributed by atoms with Gasteiger partial charge in [-0.1, -0.05) is 116 Å². The summed E-state index contributed by atoms with van der Waals surface area (Å²) in [4.78, 5) is 0. The molecule has 0 fully saturated rings. The van der Waals surface area contributed by atoms with E-state index in [-0.39, 0.29) is 22.6 Å². The number of fused-ring (bicyclic) bond motifs is 6. The number of aromatic nitrogens is 2. The van der Waals surface area contributed by atoms with Crippen LogP contribution in [-0.4, -0.2) is 9.13 Å². The third-order valence-electron chi connectivity index (χ3n) is 12.0. The molecule has 60 heavy (non-hydrogen) atoms. The molecule has 2 aromatic heterocycles. The molecular formula is C53H35F3N4. The number of alkyl halides is 3. The Balaban J connectivity index is 1.37. The molecule has 2 aliphatic rings. The Morgan fingerprint density at radius 2 is 1.47 bits per heavy atom. The molecule has 6 aromatic carbocycles. The van der Waals surface area contributed by atoms with Gasteiger partial charge in [0.2, 0.25) is 0 Å². The molecule has 10 rings (SSSR count). The van der Waals surface area contributed by atoms with Crippen molar-refractivity contribution >= 4 is 44.4 Å². The molecule has 0 bridgehead atoms. The van der Waals surface area contributed by atoms with Crippen molar-refractivity contribution in [1.82, 2.24) is 9.13 Å². The number of allylic oxidation sites excluding steroid dienone is 6. The van der Waals surface area contributed by atoms with Crippen LogP contribution in [0.3, 0.4) is 0 Å². The average molecular weight is 785 g/mol. The average Bonchev–Trinajstić information content (AvgIpc) is 3.77. The van der Waals surface area contributed by atoms with Gasteiger partial charge in [-0.05, 0) is 106 Å². The molecule has 8 aromatic rings. The topological polar surface area (TPSA) is 57.4 Å². The van der Waals surface area contributed by atoms with Crippen LogP contribution in [0.2, 0.25) is 0 Å². The molecule has 288 valence electrons. The summed E-state index contributed by atoms with van der Waals surface area (Å²) in [5.41, 5.74) is 8.70. The molecule has 0 radical (unpaired) electrons. The summed E-state index contributed by atoms with van der Waals surface area (Å²) in [5.74, 6) is 0.199. The summed E-state index contributed by atoms with van der Waals surface area (Å²) < 4.78 is 47.8. The van der Waals surface area contributed by atoms with Crippen LogP contribution in [0.15, 0.2) is 152 Å². The molecule has 4 nitrogen and oxygen atoms in total. The summed E-state index contributed by atoms with van der Waals surface area (Å²) in [6.07, 6.45) is 10.6. The van der Waals surface area contributed by atoms with Gasteiger partial charge in [-0.3, -0.25) is 0 Å². The van der Waals surface area contributed by atoms with Gasteiger partial charge in [0.15, 0.2) is 0 Å². The van der Waals surface area contributed by atoms with Gasteiger partial charge >= 0.3 is 6.18 Å². The maximum Gasteiger partial charge on any atom is 0.416 e. The lowest BCUT2D eigenvalue weighted by Crippen LogP contribution is -2.21. The smallest absolute Gasteiger partial charge is 0.308 e. The fraction of sp³-hybridized carbons (Fsp3) is 0.0943. The number of hydrogen-bond donors (Lipinski definition) is 0. The molecule has 2 heterocycles. The second kappa shape index (κ2) is 14.0. The number of nitrogens with zero attached hydrogens (tertiary/aromatic N) is 4. The van der Waals surface area contributed by atoms with E-state index < -0.39 is 11.7 Å². The van der Waals surface area contributed by atoms with E-state index in [0.717, 1.165) is 77.7 Å². The maximum atomic E-state index is 14.5. The van der Waals surface area contributed by atoms with Gasteiger partial charge in [0, 0.05) is 21.7 Å². The van der Waals surface area contributed by atoms with E-state index in [9.17, 15) is 23.7 Å². The lowest BCUT2D eigenvalue weighted by atomic mass is 9.93. The highest BCUT2D eigenvalue weighted by Crippen LogP contribution is 2.43. The minimum absolute atomic E-state index is 0.129. The zero-order valence-corrected chi connectivity index (χ0v) is 32.7. The minimum atomic E-state index is -4.71. The van der Waals surface area contributed by atoms with Crippen molar-refractivity contribution in [3.05, 3.63) is 190 Å². The Kier molecular flexibility index (Phi) is 8.59. The van der Waals surface area contributed by atoms with Gasteiger partial charge in [-0.15, -0.1) is 0 Å². The van der Waals surface area contributed by atoms with Crippen molar-refractivity contribution in [3.8, 4) is 45.8 Å². The first-order valence-corrected chi connectivity index (χ1v) is 19.8. The number of nitriles is 2. The summed E-state index contributed by atoms with van der Waals surface area (Å²) in [5, 5.41) is 26.5. The summed E-state index contributed by atoms with van der Waals surface area (Å²) >= 11 is 0. The van der Waals surface area contributed by atoms with E-state index in [1.165, 1.54) is 11.6 Å². The van der Waals surface area contributed by atoms with Crippen molar-refractivity contribution in [3.63, 3.8) is 0 Å². The van der Waals surface area contributed by atoms with Crippen molar-refractivity contribution in [1.29, 1.82) is 10.5 Å². The first-order valence-electron chi connectivity index (χ1n) is 19.8. The zero-order chi connectivity index (χ0) is 41.3. The molecule has 7 heteroatoms. The Morgan fingerprint density at radius 1 is 0.683 bits per heavy atom. The predicted molar refractivity (Wildman–Crippen MR) is 235 cm³/mol. The van der Waals surface area contributed by atoms with Crippen LogP contribution in [0.25, 0.3) is 78.0 Å². The molecular weight excluding hydrogens is 750 g/mol. The minimum Gasteiger partial charge on any atom is -0.308 e. The van der Waals surface area contributed by atoms with Gasteiger partial charge in [0.05, 0.1) is 50.5 Å². The summed E-state index contributed by atoms with van der Waals surface area (Å²) in [6.45, 7) is 4.23. The van der Waals surface area contributed by atoms with Crippen LogP contribution < -0.4 is 10.6 Å². The molecule has 1 atom stereocenters. The van der Waals surface area contributed by atoms with Crippen LogP contribution in [0, 0.1) is 35.5 Å². The van der Waals surface area contributed by atoms with E-state index in [4.69, 9.17) is 0 Å². The number of para-hydroxylation sites is 1. The fourth-order valence-corrected chi connectivity index (χ4v) is 9.18. The van der Waals surface area contributed by atoms with Crippen LogP contribution in [0.4, 0.5) is 13.2 Å². The highest BCUT2D eigenvalue weighted by atomic mass is 19.4. The fourth-order valence-electron chi connectivity index (χ4n) is 9.18. The van der Waals surface area contributed by atoms with Gasteiger partial charge in [-0.2, -0.15) is 23.7 Å². The first kappa shape index (κ1) is 36.7. The van der Waals surface area contributed by atoms with Crippen LogP contribution in [-0.2, 0) is 12.6 Å². The number of aryl methyl sites for hydroxylation is 1. The molecule has 0 N–H and O–H groups in total. The molecule has 0 aliphatic heterocycles. The molecule has 1 unspecified atom stereocenters. The number of hydrogen-bond acceptors (Lipinski definition) is 2. The third kappa shape index (κ3) is 5.82. The van der Waals surface area contributed by atoms with Gasteiger partial charge in [0.25, 0.3) is 0 Å². The van der Waals surface area contributed by atoms with Crippen LogP contribution in [0.1, 0.15) is 34.7 Å². The normalized spacial score (nSPS) is 15.6. The lowest BCUT2D eigenvalue weighted by molar-refractivity contribution is -0.137. The Labute approximate surface area is 344 Å². The second-order valence-corrected chi connectivity index (χ2v) is 15.5. The lowest BCUT2D eigenvalue weighted by Gasteiger charge is -2.21. The summed E-state index contributed by atoms with van der Waals surface area (Å²) in [7, 11) is 0. The quantitative estimate of drug-likeness (QED) is 0.178. The molecule has 0 saturated heterocycles. The summed E-state index contributed by atoms with van der Waals surface area (Å²) in [6, 6.07) is 40.4. The molecule has 2 aliphatic carbocycles. The van der Waals surface area contributed by atoms with Crippen molar-refractivity contribution in [2.45, 2.75) is 26.4 Å². The second-order valence-electron chi connectivity index (χ2n) is 15.5. The van der Waals surface area contributed by atoms with Gasteiger partial charge < -0.3 is 9.13 Å². The van der Waals surface area contributed by atoms with Crippen molar-refractivity contribution in [2.24, 2.45) is 5.92 Å². The van der Waals surface area contributed by atoms with E-state index in [0.29, 0.717) is 23.4 Å². The number of halogens is 3. The SMILES string of the molecule is Cc1ccccc1-c1ccc2c3ccccc3n(-c3c(-c4cc(C#N)cc(C(F)(F)F)c4)ccc(-n4c5c(c6ccc(=C7C=CC=CC7C)cc64)CC=CC=5)c3C#N)c2c1. The maximum absolute atomic E-state index is 14.5. The molecule has 0 amide bonds. The third-order valence-corrected chi connectivity index (χ3v) is 12.0. The molecule has 0 saturated carbocycles. The monoisotopic (exact) mass is 784 g/mol. The van der Waals surface area contributed by atoms with E-state index in [1.54, 1.807) is 6.07 Å². The van der Waals surface area contributed by atoms with Gasteiger partial charge in [0.1, 0.15) is 11.6 Å². The van der Waals surface area contributed by atoms with Crippen molar-refractivity contribution in [2.75, 3.05) is 0 Å². The number of benzene rings is 6. The Bertz CT molecular complexity index is 3450. The zero-order valence-electron chi connectivity index (χ0n) is 32.7. The van der Waals surface area contributed by atoms with Crippen LogP contribution >= 0.6 is 0 Å². The Hall–Kier alpha value is -7.61. The highest BCUT2D eigenvalue weighted by Gasteiger charge is 2.32. The first-order chi connectivity index (χ1) is 29.1. The molecule has 0 spiro atoms. The Morgan fingerprint density at radius 3 is 2.27 bits per heavy atom. The largest absolute Gasteiger partial charge is 0.416 e. The highest BCUT2D eigenvalue weighted by molar-refractivity contribution is 6.11. The van der Waals surface area contributed by atoms with E-state index >= 15 is 0 Å².